The van der Waals surface area contributed by atoms with Gasteiger partial charge in [0.25, 0.3) is 0 Å². The first-order chi connectivity index (χ1) is 13.1. The number of allylic oxidation sites excluding steroid dienone is 3. The van der Waals surface area contributed by atoms with Crippen molar-refractivity contribution < 1.29 is 0 Å². The maximum atomic E-state index is 4.63. The molecule has 0 heterocycles. The predicted octanol–water partition coefficient (Wildman–Crippen LogP) is 8.83. The summed E-state index contributed by atoms with van der Waals surface area (Å²) in [6.07, 6.45) is 15.2. The molecular weight excluding hydrogens is 336 g/mol. The van der Waals surface area contributed by atoms with Gasteiger partial charge in [0.05, 0.1) is 0 Å². The van der Waals surface area contributed by atoms with E-state index in [4.69, 9.17) is 0 Å². The van der Waals surface area contributed by atoms with Crippen LogP contribution in [0.4, 0.5) is 0 Å². The first kappa shape index (κ1) is 22.2. The van der Waals surface area contributed by atoms with Gasteiger partial charge in [-0.3, -0.25) is 0 Å². The van der Waals surface area contributed by atoms with E-state index in [1.165, 1.54) is 63.4 Å². The second-order valence-corrected chi connectivity index (χ2v) is 11.8. The Balaban J connectivity index is 1.80. The van der Waals surface area contributed by atoms with Crippen LogP contribution in [0.25, 0.3) is 0 Å². The van der Waals surface area contributed by atoms with Crippen LogP contribution in [0.3, 0.4) is 0 Å². The highest BCUT2D eigenvalue weighted by Gasteiger charge is 2.58. The zero-order valence-electron chi connectivity index (χ0n) is 20.1. The van der Waals surface area contributed by atoms with Crippen molar-refractivity contribution in [1.82, 2.24) is 0 Å². The molecule has 0 aromatic heterocycles. The summed E-state index contributed by atoms with van der Waals surface area (Å²) in [5, 5.41) is 0. The summed E-state index contributed by atoms with van der Waals surface area (Å²) in [7, 11) is 0. The van der Waals surface area contributed by atoms with Crippen LogP contribution in [0.15, 0.2) is 23.8 Å². The van der Waals surface area contributed by atoms with Crippen LogP contribution in [-0.2, 0) is 0 Å². The van der Waals surface area contributed by atoms with Gasteiger partial charge in [0.1, 0.15) is 0 Å². The molecule has 0 aromatic carbocycles. The molecule has 0 spiro atoms. The summed E-state index contributed by atoms with van der Waals surface area (Å²) in [6, 6.07) is 0. The van der Waals surface area contributed by atoms with E-state index in [0.29, 0.717) is 10.8 Å². The molecular formula is C28H48. The molecule has 0 aliphatic heterocycles. The lowest BCUT2D eigenvalue weighted by Crippen LogP contribution is -2.49. The molecule has 3 aliphatic carbocycles. The van der Waals surface area contributed by atoms with Crippen LogP contribution < -0.4 is 0 Å². The Labute approximate surface area is 176 Å². The van der Waals surface area contributed by atoms with Gasteiger partial charge < -0.3 is 0 Å². The van der Waals surface area contributed by atoms with Crippen LogP contribution in [0.5, 0.6) is 0 Å². The number of fused-ring (bicyclic) bond motifs is 3. The van der Waals surface area contributed by atoms with E-state index in [1.54, 1.807) is 5.57 Å². The van der Waals surface area contributed by atoms with E-state index in [1.807, 2.05) is 0 Å². The van der Waals surface area contributed by atoms with E-state index in [9.17, 15) is 0 Å². The normalized spacial score (nSPS) is 41.6. The smallest absolute Gasteiger partial charge is 0.00819 e. The summed E-state index contributed by atoms with van der Waals surface area (Å²) in [5.41, 5.74) is 4.04. The van der Waals surface area contributed by atoms with E-state index in [2.05, 4.69) is 61.1 Å². The summed E-state index contributed by atoms with van der Waals surface area (Å²) < 4.78 is 0. The maximum Gasteiger partial charge on any atom is -0.00819 e. The first-order valence-corrected chi connectivity index (χ1v) is 12.5. The number of hydrogen-bond acceptors (Lipinski definition) is 0. The highest BCUT2D eigenvalue weighted by atomic mass is 14.6. The van der Waals surface area contributed by atoms with E-state index in [-0.39, 0.29) is 0 Å². The molecule has 0 radical (unpaired) electrons. The van der Waals surface area contributed by atoms with Gasteiger partial charge in [-0.25, -0.2) is 0 Å². The molecule has 0 nitrogen and oxygen atoms in total. The standard InChI is InChI=1S/C28H48/c1-9-16-27(7)22(6)18-21(5)26-24-14-13-23(20(4)12-10-11-19(2)3)28(24,8)17-15-25(26)27/h18-20,23-26H,5,9-17H2,1-4,6-8H3. The third-order valence-corrected chi connectivity index (χ3v) is 9.79. The molecule has 3 rings (SSSR count). The second-order valence-electron chi connectivity index (χ2n) is 11.8. The Morgan fingerprint density at radius 3 is 2.43 bits per heavy atom. The van der Waals surface area contributed by atoms with Gasteiger partial charge in [0, 0.05) is 0 Å². The monoisotopic (exact) mass is 384 g/mol. The molecule has 2 fully saturated rings. The second kappa shape index (κ2) is 8.31. The van der Waals surface area contributed by atoms with Gasteiger partial charge in [0.15, 0.2) is 0 Å². The van der Waals surface area contributed by atoms with E-state index < -0.39 is 0 Å². The fraction of sp³-hybridized carbons (Fsp3) is 0.857. The summed E-state index contributed by atoms with van der Waals surface area (Å²) >= 11 is 0. The van der Waals surface area contributed by atoms with Crippen LogP contribution in [0.2, 0.25) is 0 Å². The molecule has 7 unspecified atom stereocenters. The third kappa shape index (κ3) is 3.67. The van der Waals surface area contributed by atoms with Crippen LogP contribution in [0.1, 0.15) is 106 Å². The highest BCUT2D eigenvalue weighted by Crippen LogP contribution is 2.67. The number of hydrogen-bond donors (Lipinski definition) is 0. The molecule has 0 bridgehead atoms. The molecule has 0 heteroatoms. The Bertz CT molecular complexity index is 595. The van der Waals surface area contributed by atoms with Crippen molar-refractivity contribution in [1.29, 1.82) is 0 Å². The largest absolute Gasteiger partial charge is 0.0955 e. The Morgan fingerprint density at radius 2 is 1.79 bits per heavy atom. The highest BCUT2D eigenvalue weighted by molar-refractivity contribution is 5.35. The van der Waals surface area contributed by atoms with Gasteiger partial charge in [-0.15, -0.1) is 0 Å². The van der Waals surface area contributed by atoms with Crippen molar-refractivity contribution in [2.75, 3.05) is 0 Å². The lowest BCUT2D eigenvalue weighted by molar-refractivity contribution is -0.0292. The van der Waals surface area contributed by atoms with Crippen molar-refractivity contribution in [3.8, 4) is 0 Å². The van der Waals surface area contributed by atoms with Crippen molar-refractivity contribution in [2.24, 2.45) is 46.3 Å². The Kier molecular flexibility index (Phi) is 6.58. The van der Waals surface area contributed by atoms with Gasteiger partial charge in [0.2, 0.25) is 0 Å². The predicted molar refractivity (Wildman–Crippen MR) is 124 cm³/mol. The molecule has 0 amide bonds. The van der Waals surface area contributed by atoms with Gasteiger partial charge in [-0.2, -0.15) is 0 Å². The maximum absolute atomic E-state index is 4.63. The Morgan fingerprint density at radius 1 is 1.07 bits per heavy atom. The van der Waals surface area contributed by atoms with Crippen molar-refractivity contribution in [2.45, 2.75) is 106 Å². The zero-order chi connectivity index (χ0) is 20.7. The van der Waals surface area contributed by atoms with Crippen LogP contribution >= 0.6 is 0 Å². The van der Waals surface area contributed by atoms with Gasteiger partial charge in [-0.05, 0) is 85.4 Å². The van der Waals surface area contributed by atoms with Crippen molar-refractivity contribution in [3.05, 3.63) is 23.8 Å². The average molecular weight is 385 g/mol. The van der Waals surface area contributed by atoms with E-state index >= 15 is 0 Å². The molecule has 0 saturated heterocycles. The molecule has 2 saturated carbocycles. The molecule has 0 N–H and O–H groups in total. The average Bonchev–Trinajstić information content (AvgIpc) is 2.96. The van der Waals surface area contributed by atoms with Crippen molar-refractivity contribution in [3.63, 3.8) is 0 Å². The minimum atomic E-state index is 0.406. The van der Waals surface area contributed by atoms with Crippen LogP contribution in [0, 0.1) is 46.3 Å². The minimum absolute atomic E-state index is 0.406. The summed E-state index contributed by atoms with van der Waals surface area (Å²) in [5.74, 6) is 5.12. The van der Waals surface area contributed by atoms with E-state index in [0.717, 1.165) is 35.5 Å². The van der Waals surface area contributed by atoms with Gasteiger partial charge in [-0.1, -0.05) is 91.0 Å². The summed E-state index contributed by atoms with van der Waals surface area (Å²) in [4.78, 5) is 0. The fourth-order valence-corrected chi connectivity index (χ4v) is 8.13. The summed E-state index contributed by atoms with van der Waals surface area (Å²) in [6.45, 7) is 22.0. The lowest BCUT2D eigenvalue weighted by atomic mass is 9.47. The fourth-order valence-electron chi connectivity index (χ4n) is 8.13. The quantitative estimate of drug-likeness (QED) is 0.411. The molecule has 160 valence electrons. The first-order valence-electron chi connectivity index (χ1n) is 12.5. The van der Waals surface area contributed by atoms with Gasteiger partial charge >= 0.3 is 0 Å². The SMILES string of the molecule is C=C1C=C(C)C(C)(CCC)C2CCC3(C)C(C(C)CCCC(C)C)CCC3C12. The topological polar surface area (TPSA) is 0 Å². The molecule has 28 heavy (non-hydrogen) atoms. The number of rotatable bonds is 7. The minimum Gasteiger partial charge on any atom is -0.0955 e. The van der Waals surface area contributed by atoms with Crippen molar-refractivity contribution >= 4 is 0 Å². The third-order valence-electron chi connectivity index (χ3n) is 9.79. The molecule has 3 aliphatic rings. The molecule has 7 atom stereocenters. The zero-order valence-corrected chi connectivity index (χ0v) is 20.1. The van der Waals surface area contributed by atoms with Crippen LogP contribution in [-0.4, -0.2) is 0 Å². The lowest BCUT2D eigenvalue weighted by Gasteiger charge is -2.57. The Hall–Kier alpha value is -0.520. The molecule has 0 aromatic rings.